The summed E-state index contributed by atoms with van der Waals surface area (Å²) in [4.78, 5) is 0. The summed E-state index contributed by atoms with van der Waals surface area (Å²) in [6.07, 6.45) is -0.496. The molecule has 0 heterocycles. The van der Waals surface area contributed by atoms with E-state index in [4.69, 9.17) is 17.3 Å². The van der Waals surface area contributed by atoms with Crippen LogP contribution in [0, 0.1) is 5.82 Å². The highest BCUT2D eigenvalue weighted by atomic mass is 35.5. The van der Waals surface area contributed by atoms with Gasteiger partial charge in [0.1, 0.15) is 5.82 Å². The molecule has 2 aromatic carbocycles. The van der Waals surface area contributed by atoms with Gasteiger partial charge in [0.25, 0.3) is 0 Å². The van der Waals surface area contributed by atoms with E-state index in [0.717, 1.165) is 5.56 Å². The molecule has 100 valence electrons. The van der Waals surface area contributed by atoms with Crippen LogP contribution >= 0.6 is 11.6 Å². The van der Waals surface area contributed by atoms with Crippen LogP contribution in [0.3, 0.4) is 0 Å². The second-order valence-electron chi connectivity index (χ2n) is 4.45. The summed E-state index contributed by atoms with van der Waals surface area (Å²) in [6.45, 7) is 0. The molecular formula is C15H15ClFNO. The molecule has 0 spiro atoms. The number of halogens is 2. The first-order valence-electron chi connectivity index (χ1n) is 6.00. The predicted molar refractivity (Wildman–Crippen MR) is 74.5 cm³/mol. The Bertz CT molecular complexity index is 547. The minimum atomic E-state index is -0.865. The zero-order valence-corrected chi connectivity index (χ0v) is 11.0. The van der Waals surface area contributed by atoms with E-state index in [2.05, 4.69) is 0 Å². The largest absolute Gasteiger partial charge is 0.391 e. The van der Waals surface area contributed by atoms with Crippen molar-refractivity contribution in [3.05, 3.63) is 70.5 Å². The van der Waals surface area contributed by atoms with Gasteiger partial charge in [-0.1, -0.05) is 41.9 Å². The summed E-state index contributed by atoms with van der Waals surface area (Å²) in [5.41, 5.74) is 7.09. The summed E-state index contributed by atoms with van der Waals surface area (Å²) in [6, 6.07) is 12.8. The van der Waals surface area contributed by atoms with E-state index in [1.807, 2.05) is 30.3 Å². The Labute approximate surface area is 116 Å². The van der Waals surface area contributed by atoms with Crippen LogP contribution in [0.5, 0.6) is 0 Å². The van der Waals surface area contributed by atoms with Gasteiger partial charge >= 0.3 is 0 Å². The standard InChI is InChI=1S/C15H15ClFNO/c16-11-6-7-13(17)12(9-11)15(18)14(19)8-10-4-2-1-3-5-10/h1-7,9,14-15,19H,8,18H2/t14-,15+/m0/s1. The highest BCUT2D eigenvalue weighted by Gasteiger charge is 2.20. The summed E-state index contributed by atoms with van der Waals surface area (Å²) in [5, 5.41) is 10.5. The summed E-state index contributed by atoms with van der Waals surface area (Å²) in [7, 11) is 0. The van der Waals surface area contributed by atoms with Crippen molar-refractivity contribution in [3.8, 4) is 0 Å². The highest BCUT2D eigenvalue weighted by Crippen LogP contribution is 2.23. The third kappa shape index (κ3) is 3.53. The molecule has 0 aliphatic heterocycles. The third-order valence-corrected chi connectivity index (χ3v) is 3.25. The van der Waals surface area contributed by atoms with Crippen molar-refractivity contribution in [1.82, 2.24) is 0 Å². The third-order valence-electron chi connectivity index (χ3n) is 3.02. The maximum atomic E-state index is 13.7. The van der Waals surface area contributed by atoms with Gasteiger partial charge in [0, 0.05) is 17.0 Å². The fraction of sp³-hybridized carbons (Fsp3) is 0.200. The van der Waals surface area contributed by atoms with E-state index < -0.39 is 18.0 Å². The van der Waals surface area contributed by atoms with Crippen LogP contribution in [-0.2, 0) is 6.42 Å². The number of hydrogen-bond acceptors (Lipinski definition) is 2. The Morgan fingerprint density at radius 2 is 1.84 bits per heavy atom. The fourth-order valence-corrected chi connectivity index (χ4v) is 2.14. The lowest BCUT2D eigenvalue weighted by Crippen LogP contribution is -2.28. The number of rotatable bonds is 4. The predicted octanol–water partition coefficient (Wildman–Crippen LogP) is 3.08. The molecule has 0 fully saturated rings. The van der Waals surface area contributed by atoms with Crippen molar-refractivity contribution in [2.24, 2.45) is 5.73 Å². The molecule has 4 heteroatoms. The number of aliphatic hydroxyl groups is 1. The molecule has 2 nitrogen and oxygen atoms in total. The van der Waals surface area contributed by atoms with Crippen LogP contribution in [0.4, 0.5) is 4.39 Å². The smallest absolute Gasteiger partial charge is 0.128 e. The lowest BCUT2D eigenvalue weighted by atomic mass is 9.96. The van der Waals surface area contributed by atoms with Gasteiger partial charge in [0.05, 0.1) is 12.1 Å². The lowest BCUT2D eigenvalue weighted by Gasteiger charge is -2.20. The molecule has 0 unspecified atom stereocenters. The second kappa shape index (κ2) is 6.15. The number of nitrogens with two attached hydrogens (primary N) is 1. The van der Waals surface area contributed by atoms with Crippen molar-refractivity contribution in [2.75, 3.05) is 0 Å². The quantitative estimate of drug-likeness (QED) is 0.903. The molecule has 0 radical (unpaired) electrons. The van der Waals surface area contributed by atoms with Crippen molar-refractivity contribution in [2.45, 2.75) is 18.6 Å². The molecule has 0 bridgehead atoms. The van der Waals surface area contributed by atoms with Crippen molar-refractivity contribution < 1.29 is 9.50 Å². The van der Waals surface area contributed by atoms with Crippen LogP contribution in [0.15, 0.2) is 48.5 Å². The van der Waals surface area contributed by atoms with Gasteiger partial charge in [-0.15, -0.1) is 0 Å². The Balaban J connectivity index is 2.14. The Morgan fingerprint density at radius 3 is 2.53 bits per heavy atom. The van der Waals surface area contributed by atoms with Crippen LogP contribution < -0.4 is 5.73 Å². The first kappa shape index (κ1) is 14.0. The van der Waals surface area contributed by atoms with Crippen LogP contribution in [0.1, 0.15) is 17.2 Å². The van der Waals surface area contributed by atoms with Gasteiger partial charge in [0.15, 0.2) is 0 Å². The highest BCUT2D eigenvalue weighted by molar-refractivity contribution is 6.30. The minimum Gasteiger partial charge on any atom is -0.391 e. The van der Waals surface area contributed by atoms with Crippen molar-refractivity contribution in [3.63, 3.8) is 0 Å². The zero-order valence-electron chi connectivity index (χ0n) is 10.3. The van der Waals surface area contributed by atoms with Crippen LogP contribution in [0.2, 0.25) is 5.02 Å². The maximum absolute atomic E-state index is 13.7. The second-order valence-corrected chi connectivity index (χ2v) is 4.89. The molecule has 3 N–H and O–H groups in total. The van der Waals surface area contributed by atoms with Crippen LogP contribution in [-0.4, -0.2) is 11.2 Å². The summed E-state index contributed by atoms with van der Waals surface area (Å²) >= 11 is 5.82. The molecule has 0 saturated carbocycles. The van der Waals surface area contributed by atoms with E-state index in [1.54, 1.807) is 0 Å². The monoisotopic (exact) mass is 279 g/mol. The minimum absolute atomic E-state index is 0.232. The molecule has 0 saturated heterocycles. The van der Waals surface area contributed by atoms with E-state index in [-0.39, 0.29) is 5.56 Å². The Kier molecular flexibility index (Phi) is 4.53. The van der Waals surface area contributed by atoms with Gasteiger partial charge in [-0.3, -0.25) is 0 Å². The SMILES string of the molecule is N[C@H](c1cc(Cl)ccc1F)[C@@H](O)Cc1ccccc1. The molecule has 2 rings (SSSR count). The van der Waals surface area contributed by atoms with Gasteiger partial charge in [-0.2, -0.15) is 0 Å². The molecule has 0 aliphatic rings. The topological polar surface area (TPSA) is 46.2 Å². The Morgan fingerprint density at radius 1 is 1.16 bits per heavy atom. The number of aliphatic hydroxyl groups excluding tert-OH is 1. The maximum Gasteiger partial charge on any atom is 0.128 e. The normalized spacial score (nSPS) is 14.1. The van der Waals surface area contributed by atoms with E-state index in [0.29, 0.717) is 11.4 Å². The summed E-state index contributed by atoms with van der Waals surface area (Å²) < 4.78 is 13.7. The summed E-state index contributed by atoms with van der Waals surface area (Å²) in [5.74, 6) is -0.455. The average molecular weight is 280 g/mol. The number of benzene rings is 2. The molecule has 0 aliphatic carbocycles. The van der Waals surface area contributed by atoms with E-state index in [1.165, 1.54) is 18.2 Å². The van der Waals surface area contributed by atoms with Crippen molar-refractivity contribution in [1.29, 1.82) is 0 Å². The Hall–Kier alpha value is -1.42. The van der Waals surface area contributed by atoms with E-state index in [9.17, 15) is 9.50 Å². The zero-order chi connectivity index (χ0) is 13.8. The fourth-order valence-electron chi connectivity index (χ4n) is 1.96. The van der Waals surface area contributed by atoms with Gasteiger partial charge in [0.2, 0.25) is 0 Å². The first-order valence-corrected chi connectivity index (χ1v) is 6.38. The molecule has 0 aromatic heterocycles. The van der Waals surface area contributed by atoms with Gasteiger partial charge in [-0.25, -0.2) is 4.39 Å². The lowest BCUT2D eigenvalue weighted by molar-refractivity contribution is 0.143. The molecule has 19 heavy (non-hydrogen) atoms. The van der Waals surface area contributed by atoms with Crippen LogP contribution in [0.25, 0.3) is 0 Å². The van der Waals surface area contributed by atoms with Gasteiger partial charge in [-0.05, 0) is 23.8 Å². The molecule has 2 atom stereocenters. The first-order chi connectivity index (χ1) is 9.08. The molecule has 2 aromatic rings. The van der Waals surface area contributed by atoms with E-state index >= 15 is 0 Å². The molecular weight excluding hydrogens is 265 g/mol. The van der Waals surface area contributed by atoms with Gasteiger partial charge < -0.3 is 10.8 Å². The average Bonchev–Trinajstić information content (AvgIpc) is 2.42. The van der Waals surface area contributed by atoms with Crippen molar-refractivity contribution >= 4 is 11.6 Å². The molecule has 0 amide bonds. The number of hydrogen-bond donors (Lipinski definition) is 2.